The van der Waals surface area contributed by atoms with Crippen LogP contribution in [0.1, 0.15) is 109 Å². The molecule has 1 saturated heterocycles. The molecule has 1 fully saturated rings. The van der Waals surface area contributed by atoms with E-state index in [4.69, 9.17) is 0 Å². The van der Waals surface area contributed by atoms with Gasteiger partial charge in [-0.3, -0.25) is 4.90 Å². The Kier molecular flexibility index (Phi) is 13.2. The second-order valence-electron chi connectivity index (χ2n) is 13.0. The van der Waals surface area contributed by atoms with E-state index in [1.165, 1.54) is 30.4 Å². The molecular weight excluding hydrogens is 426 g/mol. The van der Waals surface area contributed by atoms with Crippen LogP contribution < -0.4 is 0 Å². The molecule has 0 aromatic heterocycles. The zero-order valence-electron chi connectivity index (χ0n) is 25.8. The van der Waals surface area contributed by atoms with Gasteiger partial charge in [0.2, 0.25) is 0 Å². The first-order valence-electron chi connectivity index (χ1n) is 14.5. The Morgan fingerprint density at radius 1 is 0.686 bits per heavy atom. The lowest BCUT2D eigenvalue weighted by molar-refractivity contribution is 0.166. The highest BCUT2D eigenvalue weighted by Crippen LogP contribution is 2.29. The van der Waals surface area contributed by atoms with Gasteiger partial charge in [-0.25, -0.2) is 0 Å². The molecule has 0 unspecified atom stereocenters. The Bertz CT molecular complexity index is 665. The van der Waals surface area contributed by atoms with Crippen molar-refractivity contribution in [3.63, 3.8) is 0 Å². The van der Waals surface area contributed by atoms with Crippen molar-refractivity contribution >= 4 is 0 Å². The molecule has 35 heavy (non-hydrogen) atoms. The van der Waals surface area contributed by atoms with Gasteiger partial charge >= 0.3 is 0 Å². The van der Waals surface area contributed by atoms with Gasteiger partial charge in [0, 0.05) is 42.8 Å². The second kappa shape index (κ2) is 14.5. The molecule has 204 valence electrons. The molecule has 3 heterocycles. The summed E-state index contributed by atoms with van der Waals surface area (Å²) < 4.78 is 0. The highest BCUT2D eigenvalue weighted by molar-refractivity contribution is 5.11. The van der Waals surface area contributed by atoms with Crippen LogP contribution in [-0.4, -0.2) is 57.5 Å². The van der Waals surface area contributed by atoms with Gasteiger partial charge < -0.3 is 9.80 Å². The fourth-order valence-corrected chi connectivity index (χ4v) is 5.71. The Labute approximate surface area is 220 Å². The minimum atomic E-state index is 0.648. The second-order valence-corrected chi connectivity index (χ2v) is 13.0. The Hall–Kier alpha value is -1.22. The lowest BCUT2D eigenvalue weighted by atomic mass is 9.99. The monoisotopic (exact) mass is 487 g/mol. The van der Waals surface area contributed by atoms with Crippen molar-refractivity contribution in [2.75, 3.05) is 6.54 Å². The van der Waals surface area contributed by atoms with Gasteiger partial charge in [-0.15, -0.1) is 0 Å². The third kappa shape index (κ3) is 9.63. The van der Waals surface area contributed by atoms with Crippen LogP contribution in [0.4, 0.5) is 0 Å². The lowest BCUT2D eigenvalue weighted by Crippen LogP contribution is -2.38. The molecular formula is C32H61N3. The molecule has 0 aromatic rings. The average molecular weight is 488 g/mol. The van der Waals surface area contributed by atoms with Crippen molar-refractivity contribution in [2.24, 2.45) is 17.8 Å². The van der Waals surface area contributed by atoms with E-state index in [9.17, 15) is 0 Å². The van der Waals surface area contributed by atoms with Crippen LogP contribution in [0, 0.1) is 17.8 Å². The molecule has 3 atom stereocenters. The molecule has 3 nitrogen and oxygen atoms in total. The number of likely N-dealkylation sites (tertiary alicyclic amines) is 1. The van der Waals surface area contributed by atoms with Crippen molar-refractivity contribution < 1.29 is 0 Å². The minimum absolute atomic E-state index is 0.648. The molecule has 3 aliphatic heterocycles. The molecule has 0 radical (unpaired) electrons. The Morgan fingerprint density at radius 3 is 1.54 bits per heavy atom. The van der Waals surface area contributed by atoms with Crippen LogP contribution in [-0.2, 0) is 0 Å². The highest BCUT2D eigenvalue weighted by atomic mass is 15.2. The first kappa shape index (κ1) is 31.8. The van der Waals surface area contributed by atoms with Crippen molar-refractivity contribution in [3.05, 3.63) is 36.2 Å². The fourth-order valence-electron chi connectivity index (χ4n) is 5.71. The first-order chi connectivity index (χ1) is 16.2. The molecule has 0 aromatic carbocycles. The summed E-state index contributed by atoms with van der Waals surface area (Å²) in [5, 5.41) is 0. The summed E-state index contributed by atoms with van der Waals surface area (Å²) in [6, 6.07) is 4.19. The van der Waals surface area contributed by atoms with E-state index in [-0.39, 0.29) is 0 Å². The van der Waals surface area contributed by atoms with Gasteiger partial charge in [0.15, 0.2) is 0 Å². The molecule has 0 N–H and O–H groups in total. The van der Waals surface area contributed by atoms with E-state index >= 15 is 0 Å². The third-order valence-electron chi connectivity index (χ3n) is 7.82. The molecule has 0 amide bonds. The number of rotatable bonds is 6. The normalized spacial score (nSPS) is 24.8. The van der Waals surface area contributed by atoms with Crippen LogP contribution in [0.25, 0.3) is 0 Å². The van der Waals surface area contributed by atoms with Gasteiger partial charge in [0.05, 0.1) is 0 Å². The van der Waals surface area contributed by atoms with Crippen molar-refractivity contribution in [3.8, 4) is 0 Å². The Balaban J connectivity index is 0.000000263. The van der Waals surface area contributed by atoms with E-state index in [0.29, 0.717) is 18.1 Å². The highest BCUT2D eigenvalue weighted by Gasteiger charge is 2.30. The van der Waals surface area contributed by atoms with Gasteiger partial charge in [0.1, 0.15) is 0 Å². The average Bonchev–Trinajstić information content (AvgIpc) is 3.46. The van der Waals surface area contributed by atoms with E-state index < -0.39 is 0 Å². The third-order valence-corrected chi connectivity index (χ3v) is 7.82. The van der Waals surface area contributed by atoms with Crippen molar-refractivity contribution in [2.45, 2.75) is 146 Å². The largest absolute Gasteiger partial charge is 0.372 e. The molecule has 0 saturated carbocycles. The summed E-state index contributed by atoms with van der Waals surface area (Å²) in [6.07, 6.45) is 10.6. The number of nitrogens with zero attached hydrogens (tertiary/aromatic N) is 3. The predicted molar refractivity (Wildman–Crippen MR) is 158 cm³/mol. The number of hydrogen-bond acceptors (Lipinski definition) is 3. The molecule has 3 rings (SSSR count). The molecule has 0 bridgehead atoms. The maximum absolute atomic E-state index is 4.08. The molecule has 3 heteroatoms. The maximum atomic E-state index is 4.08. The summed E-state index contributed by atoms with van der Waals surface area (Å²) in [7, 11) is 0. The van der Waals surface area contributed by atoms with Crippen LogP contribution in [0.15, 0.2) is 36.2 Å². The van der Waals surface area contributed by atoms with Crippen molar-refractivity contribution in [1.82, 2.24) is 14.7 Å². The fraction of sp³-hybridized carbons (Fsp3) is 0.812. The molecule has 3 aliphatic rings. The standard InChI is InChI=1S/2C11H21N.C10H19N/c2*1-8(2)11-6-10(5)7-12(11)9(3)4;1-8(2)10-6-5-7-11(10)9(3)4/h7-9,11H,6H2,1-5H3;8-9,11H,5-7H2,1-4H3;5,7-10H,6H2,1-4H3/t2*11-;10-/m000/s1. The SMILES string of the molecule is C=C1C[C@@H](C(C)C)N(C(C)C)C1.CC(C)[C@@H]1CC=CN1C(C)C.CC1=CN(C(C)C)[C@H](C(C)C)C1. The van der Waals surface area contributed by atoms with E-state index in [1.807, 2.05) is 0 Å². The zero-order chi connectivity index (χ0) is 27.0. The lowest BCUT2D eigenvalue weighted by Gasteiger charge is -2.32. The summed E-state index contributed by atoms with van der Waals surface area (Å²) in [5.41, 5.74) is 2.94. The minimum Gasteiger partial charge on any atom is -0.372 e. The van der Waals surface area contributed by atoms with Crippen molar-refractivity contribution in [1.29, 1.82) is 0 Å². The number of hydrogen-bond donors (Lipinski definition) is 0. The van der Waals surface area contributed by atoms with Crippen LogP contribution in [0.5, 0.6) is 0 Å². The van der Waals surface area contributed by atoms with E-state index in [2.05, 4.69) is 130 Å². The smallest absolute Gasteiger partial charge is 0.0347 e. The Morgan fingerprint density at radius 2 is 1.20 bits per heavy atom. The van der Waals surface area contributed by atoms with Crippen LogP contribution >= 0.6 is 0 Å². The van der Waals surface area contributed by atoms with Crippen LogP contribution in [0.2, 0.25) is 0 Å². The first-order valence-corrected chi connectivity index (χ1v) is 14.5. The van der Waals surface area contributed by atoms with Gasteiger partial charge in [0.25, 0.3) is 0 Å². The van der Waals surface area contributed by atoms with E-state index in [0.717, 1.165) is 42.4 Å². The van der Waals surface area contributed by atoms with Crippen LogP contribution in [0.3, 0.4) is 0 Å². The molecule has 0 spiro atoms. The summed E-state index contributed by atoms with van der Waals surface area (Å²) in [5.74, 6) is 2.29. The van der Waals surface area contributed by atoms with Gasteiger partial charge in [-0.1, -0.05) is 65.3 Å². The zero-order valence-corrected chi connectivity index (χ0v) is 25.8. The van der Waals surface area contributed by atoms with Gasteiger partial charge in [-0.2, -0.15) is 0 Å². The summed E-state index contributed by atoms with van der Waals surface area (Å²) in [4.78, 5) is 7.53. The topological polar surface area (TPSA) is 9.72 Å². The summed E-state index contributed by atoms with van der Waals surface area (Å²) >= 11 is 0. The quantitative estimate of drug-likeness (QED) is 0.348. The van der Waals surface area contributed by atoms with Gasteiger partial charge in [-0.05, 0) is 97.9 Å². The predicted octanol–water partition coefficient (Wildman–Crippen LogP) is 8.35. The summed E-state index contributed by atoms with van der Waals surface area (Å²) in [6.45, 7) is 34.8. The molecule has 0 aliphatic carbocycles. The van der Waals surface area contributed by atoms with E-state index in [1.54, 1.807) is 0 Å². The maximum Gasteiger partial charge on any atom is 0.0347 e.